The van der Waals surface area contributed by atoms with Crippen molar-refractivity contribution in [3.63, 3.8) is 0 Å². The average Bonchev–Trinajstić information content (AvgIpc) is 2.61. The molecule has 0 unspecified atom stereocenters. The molecule has 0 aliphatic carbocycles. The Morgan fingerprint density at radius 3 is 2.65 bits per heavy atom. The molecule has 0 saturated carbocycles. The van der Waals surface area contributed by atoms with E-state index in [2.05, 4.69) is 32.7 Å². The SMILES string of the molecule is C[C@H]1C=C(CCCCCCC/C=C/I)C(=O)O1. The van der Waals surface area contributed by atoms with Crippen molar-refractivity contribution in [2.24, 2.45) is 0 Å². The summed E-state index contributed by atoms with van der Waals surface area (Å²) < 4.78 is 7.14. The molecule has 0 fully saturated rings. The Morgan fingerprint density at radius 2 is 2.00 bits per heavy atom. The first kappa shape index (κ1) is 14.7. The lowest BCUT2D eigenvalue weighted by atomic mass is 10.1. The first-order chi connectivity index (χ1) is 8.24. The molecule has 1 rings (SSSR count). The first-order valence-corrected chi connectivity index (χ1v) is 7.65. The van der Waals surface area contributed by atoms with E-state index < -0.39 is 0 Å². The van der Waals surface area contributed by atoms with E-state index in [0.29, 0.717) is 0 Å². The van der Waals surface area contributed by atoms with Crippen LogP contribution in [0.2, 0.25) is 0 Å². The highest BCUT2D eigenvalue weighted by atomic mass is 127. The maximum absolute atomic E-state index is 11.3. The summed E-state index contributed by atoms with van der Waals surface area (Å²) in [5.74, 6) is -0.107. The van der Waals surface area contributed by atoms with Crippen molar-refractivity contribution in [2.75, 3.05) is 0 Å². The summed E-state index contributed by atoms with van der Waals surface area (Å²) in [4.78, 5) is 11.3. The number of unbranched alkanes of at least 4 members (excludes halogenated alkanes) is 5. The van der Waals surface area contributed by atoms with Crippen molar-refractivity contribution < 1.29 is 9.53 Å². The average molecular weight is 348 g/mol. The molecular formula is C14H21IO2. The Balaban J connectivity index is 1.97. The van der Waals surface area contributed by atoms with Crippen molar-refractivity contribution in [3.05, 3.63) is 21.8 Å². The fourth-order valence-electron chi connectivity index (χ4n) is 1.99. The van der Waals surface area contributed by atoms with Gasteiger partial charge in [-0.15, -0.1) is 0 Å². The quantitative estimate of drug-likeness (QED) is 0.366. The van der Waals surface area contributed by atoms with Gasteiger partial charge in [-0.1, -0.05) is 47.9 Å². The molecule has 1 aliphatic rings. The maximum Gasteiger partial charge on any atom is 0.334 e. The number of carbonyl (C=O) groups is 1. The highest BCUT2D eigenvalue weighted by molar-refractivity contribution is 14.1. The second-order valence-electron chi connectivity index (χ2n) is 4.47. The second kappa shape index (κ2) is 8.72. The molecule has 0 amide bonds. The second-order valence-corrected chi connectivity index (χ2v) is 5.19. The van der Waals surface area contributed by atoms with Crippen LogP contribution in [0.1, 0.15) is 51.9 Å². The Hall–Kier alpha value is -0.320. The van der Waals surface area contributed by atoms with Gasteiger partial charge in [0.2, 0.25) is 0 Å². The number of hydrogen-bond donors (Lipinski definition) is 0. The number of halogens is 1. The number of allylic oxidation sites excluding steroid dienone is 1. The number of rotatable bonds is 8. The van der Waals surface area contributed by atoms with Crippen LogP contribution in [0, 0.1) is 0 Å². The van der Waals surface area contributed by atoms with Gasteiger partial charge >= 0.3 is 5.97 Å². The summed E-state index contributed by atoms with van der Waals surface area (Å²) in [6.45, 7) is 1.91. The van der Waals surface area contributed by atoms with Crippen molar-refractivity contribution in [1.29, 1.82) is 0 Å². The largest absolute Gasteiger partial charge is 0.455 e. The third kappa shape index (κ3) is 6.24. The molecule has 17 heavy (non-hydrogen) atoms. The Kier molecular flexibility index (Phi) is 7.56. The molecule has 0 aromatic rings. The third-order valence-electron chi connectivity index (χ3n) is 2.90. The number of ether oxygens (including phenoxy) is 1. The number of cyclic esters (lactones) is 1. The van der Waals surface area contributed by atoms with Crippen LogP contribution in [0.5, 0.6) is 0 Å². The third-order valence-corrected chi connectivity index (χ3v) is 3.41. The maximum atomic E-state index is 11.3. The normalized spacial score (nSPS) is 19.8. The summed E-state index contributed by atoms with van der Waals surface area (Å²) in [6.07, 6.45) is 12.4. The summed E-state index contributed by atoms with van der Waals surface area (Å²) in [7, 11) is 0. The van der Waals surface area contributed by atoms with E-state index in [1.54, 1.807) is 0 Å². The van der Waals surface area contributed by atoms with E-state index in [1.807, 2.05) is 13.0 Å². The Morgan fingerprint density at radius 1 is 1.29 bits per heavy atom. The minimum Gasteiger partial charge on any atom is -0.455 e. The lowest BCUT2D eigenvalue weighted by Gasteiger charge is -2.01. The fraction of sp³-hybridized carbons (Fsp3) is 0.643. The lowest BCUT2D eigenvalue weighted by molar-refractivity contribution is -0.139. The van der Waals surface area contributed by atoms with Gasteiger partial charge in [0.1, 0.15) is 6.10 Å². The molecule has 3 heteroatoms. The number of esters is 1. The highest BCUT2D eigenvalue weighted by Gasteiger charge is 2.20. The van der Waals surface area contributed by atoms with Crippen LogP contribution in [0.25, 0.3) is 0 Å². The van der Waals surface area contributed by atoms with E-state index in [9.17, 15) is 4.79 Å². The molecule has 2 nitrogen and oxygen atoms in total. The van der Waals surface area contributed by atoms with Gasteiger partial charge < -0.3 is 4.74 Å². The van der Waals surface area contributed by atoms with Crippen LogP contribution < -0.4 is 0 Å². The minimum atomic E-state index is -0.107. The van der Waals surface area contributed by atoms with Crippen LogP contribution >= 0.6 is 22.6 Å². The summed E-state index contributed by atoms with van der Waals surface area (Å²) in [5.41, 5.74) is 0.880. The van der Waals surface area contributed by atoms with Crippen LogP contribution in [0.15, 0.2) is 21.8 Å². The van der Waals surface area contributed by atoms with Crippen LogP contribution in [-0.4, -0.2) is 12.1 Å². The highest BCUT2D eigenvalue weighted by Crippen LogP contribution is 2.19. The molecule has 0 saturated heterocycles. The van der Waals surface area contributed by atoms with Crippen molar-refractivity contribution in [2.45, 2.75) is 58.0 Å². The topological polar surface area (TPSA) is 26.3 Å². The summed E-state index contributed by atoms with van der Waals surface area (Å²) in [5, 5.41) is 0. The standard InChI is InChI=1S/C14H21IO2/c1-12-11-13(14(16)17-12)9-7-5-3-2-4-6-8-10-15/h8,10-12H,2-7,9H2,1H3/b10-8+/t12-/m0/s1. The summed E-state index contributed by atoms with van der Waals surface area (Å²) >= 11 is 2.26. The molecule has 0 aromatic carbocycles. The zero-order valence-electron chi connectivity index (χ0n) is 10.5. The van der Waals surface area contributed by atoms with Gasteiger partial charge in [-0.25, -0.2) is 4.79 Å². The smallest absolute Gasteiger partial charge is 0.334 e. The molecule has 1 heterocycles. The van der Waals surface area contributed by atoms with Crippen LogP contribution in [0.4, 0.5) is 0 Å². The molecule has 0 spiro atoms. The van der Waals surface area contributed by atoms with Crippen molar-refractivity contribution in [1.82, 2.24) is 0 Å². The van der Waals surface area contributed by atoms with Gasteiger partial charge in [-0.2, -0.15) is 0 Å². The summed E-state index contributed by atoms with van der Waals surface area (Å²) in [6, 6.07) is 0. The van der Waals surface area contributed by atoms with E-state index in [1.165, 1.54) is 32.1 Å². The van der Waals surface area contributed by atoms with Crippen LogP contribution in [-0.2, 0) is 9.53 Å². The van der Waals surface area contributed by atoms with Crippen LogP contribution in [0.3, 0.4) is 0 Å². The molecule has 0 aromatic heterocycles. The molecule has 0 N–H and O–H groups in total. The molecule has 0 bridgehead atoms. The van der Waals surface area contributed by atoms with E-state index in [4.69, 9.17) is 4.74 Å². The Labute approximate surface area is 118 Å². The van der Waals surface area contributed by atoms with Gasteiger partial charge in [0.15, 0.2) is 0 Å². The number of hydrogen-bond acceptors (Lipinski definition) is 2. The predicted octanol–water partition coefficient (Wildman–Crippen LogP) is 4.54. The van der Waals surface area contributed by atoms with E-state index >= 15 is 0 Å². The molecular weight excluding hydrogens is 327 g/mol. The number of carbonyl (C=O) groups excluding carboxylic acids is 1. The van der Waals surface area contributed by atoms with Crippen molar-refractivity contribution in [3.8, 4) is 0 Å². The first-order valence-electron chi connectivity index (χ1n) is 6.41. The van der Waals surface area contributed by atoms with Gasteiger partial charge in [0.05, 0.1) is 0 Å². The fourth-order valence-corrected chi connectivity index (χ4v) is 2.35. The van der Waals surface area contributed by atoms with E-state index in [0.717, 1.165) is 18.4 Å². The zero-order valence-corrected chi connectivity index (χ0v) is 12.6. The Bertz CT molecular complexity index is 295. The monoisotopic (exact) mass is 348 g/mol. The van der Waals surface area contributed by atoms with E-state index in [-0.39, 0.29) is 12.1 Å². The van der Waals surface area contributed by atoms with Gasteiger partial charge in [0.25, 0.3) is 0 Å². The molecule has 96 valence electrons. The zero-order chi connectivity index (χ0) is 12.5. The molecule has 1 aliphatic heterocycles. The predicted molar refractivity (Wildman–Crippen MR) is 79.1 cm³/mol. The molecule has 0 radical (unpaired) electrons. The lowest BCUT2D eigenvalue weighted by Crippen LogP contribution is -2.03. The molecule has 1 atom stereocenters. The van der Waals surface area contributed by atoms with Crippen molar-refractivity contribution >= 4 is 28.6 Å². The van der Waals surface area contributed by atoms with Gasteiger partial charge in [-0.3, -0.25) is 0 Å². The minimum absolute atomic E-state index is 0.0161. The van der Waals surface area contributed by atoms with Gasteiger partial charge in [0, 0.05) is 5.57 Å². The van der Waals surface area contributed by atoms with Gasteiger partial charge in [-0.05, 0) is 42.8 Å².